The van der Waals surface area contributed by atoms with Gasteiger partial charge in [0.15, 0.2) is 5.76 Å². The fourth-order valence-corrected chi connectivity index (χ4v) is 4.89. The molecule has 5 nitrogen and oxygen atoms in total. The molecular weight excluding hydrogens is 368 g/mol. The molecule has 0 aliphatic heterocycles. The van der Waals surface area contributed by atoms with Gasteiger partial charge >= 0.3 is 0 Å². The molecule has 0 radical (unpaired) electrons. The van der Waals surface area contributed by atoms with Crippen molar-refractivity contribution in [2.24, 2.45) is 0 Å². The largest absolute Gasteiger partial charge is 0.355 e. The molecule has 0 saturated heterocycles. The number of rotatable bonds is 4. The molecule has 1 aromatic carbocycles. The maximum atomic E-state index is 12.6. The predicted octanol–water partition coefficient (Wildman–Crippen LogP) is 4.78. The Labute approximate surface area is 149 Å². The number of aromatic nitrogens is 1. The fourth-order valence-electron chi connectivity index (χ4n) is 2.13. The van der Waals surface area contributed by atoms with Gasteiger partial charge in [-0.15, -0.1) is 11.3 Å². The number of hydrogen-bond donors (Lipinski definition) is 1. The van der Waals surface area contributed by atoms with Crippen molar-refractivity contribution in [3.05, 3.63) is 52.2 Å². The topological polar surface area (TPSA) is 72.2 Å². The normalized spacial score (nSPS) is 11.7. The van der Waals surface area contributed by atoms with Crippen LogP contribution in [0, 0.1) is 20.8 Å². The highest BCUT2D eigenvalue weighted by molar-refractivity contribution is 7.94. The molecule has 0 bridgehead atoms. The van der Waals surface area contributed by atoms with Gasteiger partial charge < -0.3 is 4.52 Å². The molecule has 3 rings (SSSR count). The Hall–Kier alpha value is -1.83. The van der Waals surface area contributed by atoms with Crippen molar-refractivity contribution in [3.8, 4) is 10.6 Å². The lowest BCUT2D eigenvalue weighted by molar-refractivity contribution is 0.427. The molecule has 0 spiro atoms. The summed E-state index contributed by atoms with van der Waals surface area (Å²) in [7, 11) is -3.72. The smallest absolute Gasteiger partial charge is 0.271 e. The number of thiophene rings is 1. The Morgan fingerprint density at radius 1 is 1.17 bits per heavy atom. The lowest BCUT2D eigenvalue weighted by atomic mass is 10.2. The van der Waals surface area contributed by atoms with Gasteiger partial charge in [0.1, 0.15) is 4.21 Å². The van der Waals surface area contributed by atoms with E-state index in [1.165, 1.54) is 0 Å². The molecule has 0 fully saturated rings. The van der Waals surface area contributed by atoms with Gasteiger partial charge in [0.25, 0.3) is 10.0 Å². The SMILES string of the molecule is Cc1ccc(NS(=O)(=O)c2ccc(-c3onc(C)c3C)s2)c(Cl)c1. The summed E-state index contributed by atoms with van der Waals surface area (Å²) in [5, 5.41) is 4.26. The van der Waals surface area contributed by atoms with Crippen molar-refractivity contribution < 1.29 is 12.9 Å². The Morgan fingerprint density at radius 3 is 2.54 bits per heavy atom. The lowest BCUT2D eigenvalue weighted by Gasteiger charge is -2.08. The van der Waals surface area contributed by atoms with Gasteiger partial charge in [-0.25, -0.2) is 8.42 Å². The molecule has 0 aliphatic carbocycles. The second-order valence-corrected chi connectivity index (χ2v) is 8.83. The number of benzene rings is 1. The quantitative estimate of drug-likeness (QED) is 0.704. The van der Waals surface area contributed by atoms with Crippen LogP contribution in [0.5, 0.6) is 0 Å². The van der Waals surface area contributed by atoms with Gasteiger partial charge in [-0.1, -0.05) is 22.8 Å². The molecule has 2 aromatic heterocycles. The third kappa shape index (κ3) is 3.19. The zero-order chi connectivity index (χ0) is 17.5. The van der Waals surface area contributed by atoms with E-state index >= 15 is 0 Å². The second kappa shape index (κ2) is 6.23. The van der Waals surface area contributed by atoms with Crippen LogP contribution in [0.1, 0.15) is 16.8 Å². The third-order valence-electron chi connectivity index (χ3n) is 3.60. The highest BCUT2D eigenvalue weighted by Gasteiger charge is 2.21. The van der Waals surface area contributed by atoms with Crippen LogP contribution in [0.4, 0.5) is 5.69 Å². The van der Waals surface area contributed by atoms with Crippen LogP contribution >= 0.6 is 22.9 Å². The molecule has 2 heterocycles. The third-order valence-corrected chi connectivity index (χ3v) is 6.85. The summed E-state index contributed by atoms with van der Waals surface area (Å²) in [6, 6.07) is 8.41. The molecular formula is C16H15ClN2O3S2. The summed E-state index contributed by atoms with van der Waals surface area (Å²) in [6.07, 6.45) is 0. The molecule has 3 aromatic rings. The maximum Gasteiger partial charge on any atom is 0.271 e. The average Bonchev–Trinajstić information content (AvgIpc) is 3.11. The first-order valence-electron chi connectivity index (χ1n) is 7.10. The summed E-state index contributed by atoms with van der Waals surface area (Å²) in [5.41, 5.74) is 2.99. The monoisotopic (exact) mass is 382 g/mol. The number of anilines is 1. The number of nitrogens with zero attached hydrogens (tertiary/aromatic N) is 1. The summed E-state index contributed by atoms with van der Waals surface area (Å²) in [5.74, 6) is 0.590. The summed E-state index contributed by atoms with van der Waals surface area (Å²) >= 11 is 7.22. The van der Waals surface area contributed by atoms with Crippen molar-refractivity contribution in [1.82, 2.24) is 5.16 Å². The van der Waals surface area contributed by atoms with Crippen molar-refractivity contribution in [2.75, 3.05) is 4.72 Å². The zero-order valence-electron chi connectivity index (χ0n) is 13.3. The van der Waals surface area contributed by atoms with E-state index in [1.807, 2.05) is 20.8 Å². The predicted molar refractivity (Wildman–Crippen MR) is 96.3 cm³/mol. The van der Waals surface area contributed by atoms with Crippen LogP contribution in [0.3, 0.4) is 0 Å². The van der Waals surface area contributed by atoms with Gasteiger partial charge in [0, 0.05) is 5.56 Å². The lowest BCUT2D eigenvalue weighted by Crippen LogP contribution is -2.11. The van der Waals surface area contributed by atoms with Crippen LogP contribution in [0.15, 0.2) is 39.1 Å². The van der Waals surface area contributed by atoms with E-state index in [4.69, 9.17) is 16.1 Å². The fraction of sp³-hybridized carbons (Fsp3) is 0.188. The Morgan fingerprint density at radius 2 is 1.92 bits per heavy atom. The van der Waals surface area contributed by atoms with Crippen molar-refractivity contribution in [1.29, 1.82) is 0 Å². The second-order valence-electron chi connectivity index (χ2n) is 5.43. The number of sulfonamides is 1. The first-order valence-corrected chi connectivity index (χ1v) is 9.78. The minimum atomic E-state index is -3.72. The molecule has 0 unspecified atom stereocenters. The number of halogens is 1. The molecule has 126 valence electrons. The number of aryl methyl sites for hydroxylation is 2. The van der Waals surface area contributed by atoms with Gasteiger partial charge in [-0.05, 0) is 50.6 Å². The van der Waals surface area contributed by atoms with Gasteiger partial charge in [0.2, 0.25) is 0 Å². The van der Waals surface area contributed by atoms with Crippen LogP contribution in [-0.2, 0) is 10.0 Å². The van der Waals surface area contributed by atoms with E-state index in [0.717, 1.165) is 28.2 Å². The highest BCUT2D eigenvalue weighted by Crippen LogP contribution is 2.35. The molecule has 0 saturated carbocycles. The first kappa shape index (κ1) is 17.0. The molecule has 1 N–H and O–H groups in total. The van der Waals surface area contributed by atoms with Crippen LogP contribution in [0.25, 0.3) is 10.6 Å². The van der Waals surface area contributed by atoms with E-state index in [2.05, 4.69) is 9.88 Å². The van der Waals surface area contributed by atoms with Crippen LogP contribution in [-0.4, -0.2) is 13.6 Å². The molecule has 8 heteroatoms. The standard InChI is InChI=1S/C16H15ClN2O3S2/c1-9-4-5-13(12(17)8-9)19-24(20,21)15-7-6-14(23-15)16-10(2)11(3)18-22-16/h4-8,19H,1-3H3. The van der Waals surface area contributed by atoms with Gasteiger partial charge in [-0.3, -0.25) is 4.72 Å². The maximum absolute atomic E-state index is 12.6. The molecule has 24 heavy (non-hydrogen) atoms. The Bertz CT molecular complexity index is 1010. The van der Waals surface area contributed by atoms with Crippen LogP contribution in [0.2, 0.25) is 5.02 Å². The summed E-state index contributed by atoms with van der Waals surface area (Å²) in [6.45, 7) is 5.62. The number of nitrogens with one attached hydrogen (secondary N) is 1. The molecule has 0 atom stereocenters. The summed E-state index contributed by atoms with van der Waals surface area (Å²) < 4.78 is 33.1. The van der Waals surface area contributed by atoms with Crippen LogP contribution < -0.4 is 4.72 Å². The summed E-state index contributed by atoms with van der Waals surface area (Å²) in [4.78, 5) is 0.712. The van der Waals surface area contributed by atoms with Crippen molar-refractivity contribution in [2.45, 2.75) is 25.0 Å². The van der Waals surface area contributed by atoms with Crippen molar-refractivity contribution in [3.63, 3.8) is 0 Å². The van der Waals surface area contributed by atoms with Gasteiger partial charge in [0.05, 0.1) is 21.3 Å². The first-order chi connectivity index (χ1) is 11.3. The zero-order valence-corrected chi connectivity index (χ0v) is 15.6. The average molecular weight is 383 g/mol. The molecule has 0 amide bonds. The minimum absolute atomic E-state index is 0.183. The van der Waals surface area contributed by atoms with E-state index < -0.39 is 10.0 Å². The number of hydrogen-bond acceptors (Lipinski definition) is 5. The van der Waals surface area contributed by atoms with Gasteiger partial charge in [-0.2, -0.15) is 0 Å². The Kier molecular flexibility index (Phi) is 4.42. The Balaban J connectivity index is 1.92. The van der Waals surface area contributed by atoms with Crippen molar-refractivity contribution >= 4 is 38.6 Å². The molecule has 0 aliphatic rings. The minimum Gasteiger partial charge on any atom is -0.355 e. The van der Waals surface area contributed by atoms with E-state index in [9.17, 15) is 8.42 Å². The van der Waals surface area contributed by atoms with E-state index in [0.29, 0.717) is 21.3 Å². The highest BCUT2D eigenvalue weighted by atomic mass is 35.5. The van der Waals surface area contributed by atoms with E-state index in [-0.39, 0.29) is 4.21 Å². The van der Waals surface area contributed by atoms with E-state index in [1.54, 1.807) is 30.3 Å².